The van der Waals surface area contributed by atoms with Crippen molar-refractivity contribution in [1.82, 2.24) is 65.0 Å². The van der Waals surface area contributed by atoms with Gasteiger partial charge in [-0.1, -0.05) is 24.3 Å². The quantitative estimate of drug-likeness (QED) is 0.0406. The normalized spacial score (nSPS) is 17.3. The molecule has 8 aliphatic rings. The van der Waals surface area contributed by atoms with E-state index in [1.54, 1.807) is 99.0 Å². The molecule has 21 rings (SSSR count). The summed E-state index contributed by atoms with van der Waals surface area (Å²) in [5, 5.41) is 55.1. The lowest BCUT2D eigenvalue weighted by Crippen LogP contribution is -2.48. The van der Waals surface area contributed by atoms with E-state index in [4.69, 9.17) is 29.7 Å². The molecule has 134 heavy (non-hydrogen) atoms. The highest BCUT2D eigenvalue weighted by molar-refractivity contribution is 6.08. The minimum absolute atomic E-state index is 0.0760. The largest absolute Gasteiger partial charge is 0.475 e. The molecule has 4 saturated heterocycles. The molecule has 19 heterocycles. The van der Waals surface area contributed by atoms with Crippen molar-refractivity contribution in [2.45, 2.75) is 95.2 Å². The Morgan fingerprint density at radius 3 is 1.23 bits per heavy atom. The summed E-state index contributed by atoms with van der Waals surface area (Å²) in [6.45, 7) is 10.8. The van der Waals surface area contributed by atoms with Crippen molar-refractivity contribution < 1.29 is 75.4 Å². The molecule has 35 nitrogen and oxygen atoms in total. The Balaban J connectivity index is 0.000000120. The van der Waals surface area contributed by atoms with Crippen LogP contribution in [0.2, 0.25) is 0 Å². The van der Waals surface area contributed by atoms with Crippen molar-refractivity contribution in [2.24, 2.45) is 0 Å². The molecule has 688 valence electrons. The third-order valence-corrected chi connectivity index (χ3v) is 23.8. The number of hydrogen-bond donors (Lipinski definition) is 9. The van der Waals surface area contributed by atoms with E-state index in [2.05, 4.69) is 108 Å². The third kappa shape index (κ3) is 19.4. The summed E-state index contributed by atoms with van der Waals surface area (Å²) >= 11 is 0. The number of benzene rings is 2. The van der Waals surface area contributed by atoms with Gasteiger partial charge >= 0.3 is 36.5 Å². The number of ether oxygens (including phenoxy) is 2. The molecule has 8 aliphatic heterocycles. The number of aliphatic hydroxyl groups is 4. The number of hydrogen-bond acceptors (Lipinski definition) is 26. The van der Waals surface area contributed by atoms with Gasteiger partial charge in [-0.2, -0.15) is 31.4 Å². The van der Waals surface area contributed by atoms with Gasteiger partial charge in [0.1, 0.15) is 36.8 Å². The summed E-state index contributed by atoms with van der Waals surface area (Å²) in [7, 11) is 0. The number of fused-ring (bicyclic) bond motifs is 17. The maximum Gasteiger partial charge on any atom is 0.416 e. The summed E-state index contributed by atoms with van der Waals surface area (Å²) in [6, 6.07) is 41.1. The third-order valence-electron chi connectivity index (χ3n) is 23.8. The van der Waals surface area contributed by atoms with Crippen LogP contribution in [0, 0.1) is 20.8 Å². The fraction of sp³-hybridized carbons (Fsp3) is 0.290. The van der Waals surface area contributed by atoms with Crippen LogP contribution < -0.4 is 69.9 Å². The van der Waals surface area contributed by atoms with Crippen LogP contribution in [-0.2, 0) is 12.4 Å². The summed E-state index contributed by atoms with van der Waals surface area (Å²) in [4.78, 5) is 117. The number of aromatic nitrogens is 13. The van der Waals surface area contributed by atoms with Crippen molar-refractivity contribution in [3.63, 3.8) is 0 Å². The molecule has 13 aromatic rings. The lowest BCUT2D eigenvalue weighted by atomic mass is 10.1. The molecule has 41 heteroatoms. The number of rotatable bonds is 16. The summed E-state index contributed by atoms with van der Waals surface area (Å²) in [5.41, 5.74) is 11.9. The molecule has 8 bridgehead atoms. The van der Waals surface area contributed by atoms with E-state index in [0.717, 1.165) is 144 Å². The SMILES string of the molecule is Cc1cc(-c2ccc3c(n2)N(C(=O)Nc2ccc4[nH]ncc4n2)[C@H]2CCN3C2)ccn1.Cc1cc(-c2ccc3c(n2)N(C(=O)Nc2cnccn2)[C@H]2CCN3C2)cc(C)n1.O=C(Nc1ccnc(OC[C@@H](O)CO)c1)N1c2nc(-c3cccc(C(F)(F)F)c3)ccc2N2CC[C@H]1C2.O=C(Nc1ccnc(OC[C@H](O)CO)c1)N1c2nc(-c3cccc(C(F)(F)F)c3)ccc2N2CC[C@H]1C2. The molecule has 2 aromatic carbocycles. The van der Waals surface area contributed by atoms with Crippen LogP contribution >= 0.6 is 0 Å². The molecule has 0 spiro atoms. The van der Waals surface area contributed by atoms with Gasteiger partial charge in [0.25, 0.3) is 0 Å². The Hall–Kier alpha value is -15.4. The Labute approximate surface area is 761 Å². The van der Waals surface area contributed by atoms with E-state index in [1.165, 1.54) is 42.9 Å². The minimum Gasteiger partial charge on any atom is -0.475 e. The number of aromatic amines is 1. The molecule has 0 aliphatic carbocycles. The number of amides is 8. The van der Waals surface area contributed by atoms with Crippen LogP contribution in [0.1, 0.15) is 53.9 Å². The number of aryl methyl sites for hydroxylation is 3. The molecular formula is C93H89F6N25O10. The molecule has 8 amide bonds. The monoisotopic (exact) mass is 1830 g/mol. The van der Waals surface area contributed by atoms with Crippen molar-refractivity contribution in [1.29, 1.82) is 0 Å². The number of carbonyl (C=O) groups is 4. The van der Waals surface area contributed by atoms with Crippen LogP contribution in [-0.4, -0.2) is 225 Å². The van der Waals surface area contributed by atoms with E-state index in [9.17, 15) is 55.7 Å². The number of nitrogens with zero attached hydrogens (tertiary/aromatic N) is 20. The Morgan fingerprint density at radius 2 is 0.821 bits per heavy atom. The van der Waals surface area contributed by atoms with E-state index in [-0.39, 0.29) is 61.2 Å². The van der Waals surface area contributed by atoms with Gasteiger partial charge in [0, 0.05) is 146 Å². The fourth-order valence-corrected chi connectivity index (χ4v) is 17.5. The first-order chi connectivity index (χ1) is 64.7. The van der Waals surface area contributed by atoms with E-state index in [0.29, 0.717) is 100 Å². The molecule has 6 atom stereocenters. The summed E-state index contributed by atoms with van der Waals surface area (Å²) in [5.74, 6) is 3.34. The van der Waals surface area contributed by atoms with Crippen molar-refractivity contribution in [3.05, 3.63) is 229 Å². The van der Waals surface area contributed by atoms with E-state index >= 15 is 0 Å². The maximum atomic E-state index is 13.4. The molecule has 0 radical (unpaired) electrons. The zero-order valence-electron chi connectivity index (χ0n) is 72.3. The van der Waals surface area contributed by atoms with Crippen LogP contribution in [0.5, 0.6) is 11.8 Å². The molecule has 11 aromatic heterocycles. The van der Waals surface area contributed by atoms with Gasteiger partial charge in [-0.15, -0.1) is 0 Å². The first-order valence-corrected chi connectivity index (χ1v) is 43.2. The number of nitrogens with one attached hydrogen (secondary N) is 5. The Bertz CT molecular complexity index is 6350. The highest BCUT2D eigenvalue weighted by Crippen LogP contribution is 2.47. The Kier molecular flexibility index (Phi) is 25.2. The molecular weight excluding hydrogens is 1740 g/mol. The number of H-pyrrole nitrogens is 1. The van der Waals surface area contributed by atoms with Gasteiger partial charge in [0.2, 0.25) is 11.8 Å². The van der Waals surface area contributed by atoms with Crippen molar-refractivity contribution in [3.8, 4) is 56.8 Å². The summed E-state index contributed by atoms with van der Waals surface area (Å²) < 4.78 is 90.2. The van der Waals surface area contributed by atoms with Crippen LogP contribution in [0.3, 0.4) is 0 Å². The van der Waals surface area contributed by atoms with Crippen molar-refractivity contribution in [2.75, 3.05) is 139 Å². The highest BCUT2D eigenvalue weighted by Gasteiger charge is 2.46. The smallest absolute Gasteiger partial charge is 0.416 e. The average Bonchev–Trinajstić information content (AvgIpc) is 1.59. The zero-order chi connectivity index (χ0) is 93.2. The van der Waals surface area contributed by atoms with Gasteiger partial charge in [0.05, 0.1) is 112 Å². The number of urea groups is 4. The first-order valence-electron chi connectivity index (χ1n) is 43.2. The first kappa shape index (κ1) is 89.2. The fourth-order valence-electron chi connectivity index (χ4n) is 17.5. The number of aliphatic hydroxyl groups excluding tert-OH is 4. The van der Waals surface area contributed by atoms with E-state index in [1.807, 2.05) is 63.2 Å². The van der Waals surface area contributed by atoms with Gasteiger partial charge in [-0.3, -0.25) is 50.3 Å². The molecule has 0 unspecified atom stereocenters. The predicted molar refractivity (Wildman–Crippen MR) is 489 cm³/mol. The van der Waals surface area contributed by atoms with Gasteiger partial charge in [-0.25, -0.2) is 59.0 Å². The molecule has 4 fully saturated rings. The van der Waals surface area contributed by atoms with E-state index < -0.39 is 61.0 Å². The second-order valence-electron chi connectivity index (χ2n) is 33.0. The number of anilines is 12. The standard InChI is InChI=1S/2C25H24F3N5O4.C22H20N8O.C21H21N7O/c2*26-25(27,28)16-3-1-2-15(10-16)20-4-5-21-23(31-20)33(18-7-9-32(21)12-18)24(36)30-17-6-8-29-22(11-17)37-14-19(35)13-34;1-13-10-14(6-8-23-13)16-2-4-19-21(26-16)30(15-7-9-29(19)12-15)22(31)27-20-5-3-17-18(25-20)11-24-28-17;1-13-9-15(10-14(2)24-13)17-3-4-18-20(25-17)28(16-5-8-27(18)12-16)21(29)26-19-11-22-6-7-23-19/h2*1-6,8,10-11,18-19,34-35H,7,9,12-14H2,(H,29,30,36);2-6,8,10-11,15H,7,9,12H2,1H3,(H,24,28)(H,25,27,31);3-4,6-7,9-11,16H,5,8,12H2,1-2H3,(H,23,26,29)/t18-,19+;18-,19-;15-;16-/m0000/s1. The zero-order valence-corrected chi connectivity index (χ0v) is 72.3. The van der Waals surface area contributed by atoms with Gasteiger partial charge in [0.15, 0.2) is 29.1 Å². The minimum atomic E-state index is -4.48. The second kappa shape index (κ2) is 37.8. The lowest BCUT2D eigenvalue weighted by Gasteiger charge is -2.36. The van der Waals surface area contributed by atoms with Crippen LogP contribution in [0.25, 0.3) is 56.1 Å². The summed E-state index contributed by atoms with van der Waals surface area (Å²) in [6.07, 6.45) is 3.11. The molecule has 9 N–H and O–H groups in total. The molecule has 0 saturated carbocycles. The van der Waals surface area contributed by atoms with Crippen LogP contribution in [0.15, 0.2) is 201 Å². The Morgan fingerprint density at radius 1 is 0.418 bits per heavy atom. The number of alkyl halides is 6. The van der Waals surface area contributed by atoms with Crippen LogP contribution in [0.4, 0.5) is 115 Å². The number of pyridine rings is 9. The topological polar surface area (TPSA) is 412 Å². The number of halogens is 6. The number of carbonyl (C=O) groups excluding carboxylic acids is 4. The highest BCUT2D eigenvalue weighted by atomic mass is 19.4. The second-order valence-corrected chi connectivity index (χ2v) is 33.0. The van der Waals surface area contributed by atoms with Gasteiger partial charge in [-0.05, 0) is 168 Å². The lowest BCUT2D eigenvalue weighted by molar-refractivity contribution is -0.138. The predicted octanol–water partition coefficient (Wildman–Crippen LogP) is 13.6. The maximum absolute atomic E-state index is 13.4. The average molecular weight is 1830 g/mol. The van der Waals surface area contributed by atoms with Crippen molar-refractivity contribution >= 4 is 104 Å². The van der Waals surface area contributed by atoms with Gasteiger partial charge < -0.3 is 60.1 Å².